The first-order chi connectivity index (χ1) is 13.3. The number of benzene rings is 1. The Bertz CT molecular complexity index is 873. The summed E-state index contributed by atoms with van der Waals surface area (Å²) in [6, 6.07) is 13.5. The number of nitrogens with zero attached hydrogens (tertiary/aromatic N) is 5. The van der Waals surface area contributed by atoms with Crippen molar-refractivity contribution in [1.82, 2.24) is 24.6 Å². The highest BCUT2D eigenvalue weighted by Crippen LogP contribution is 2.20. The molecule has 4 rings (SSSR count). The summed E-state index contributed by atoms with van der Waals surface area (Å²) >= 11 is 0. The maximum absolute atomic E-state index is 12.7. The van der Waals surface area contributed by atoms with E-state index in [1.807, 2.05) is 53.7 Å². The largest absolute Gasteiger partial charge is 0.322 e. The van der Waals surface area contributed by atoms with Gasteiger partial charge in [-0.2, -0.15) is 5.10 Å². The molecule has 0 radical (unpaired) electrons. The van der Waals surface area contributed by atoms with Gasteiger partial charge in [-0.1, -0.05) is 18.2 Å². The van der Waals surface area contributed by atoms with Gasteiger partial charge in [0.2, 0.25) is 0 Å². The van der Waals surface area contributed by atoms with Crippen LogP contribution < -0.4 is 5.32 Å². The summed E-state index contributed by atoms with van der Waals surface area (Å²) in [6.45, 7) is 3.98. The number of anilines is 1. The van der Waals surface area contributed by atoms with E-state index in [1.165, 1.54) is 5.56 Å². The minimum Gasteiger partial charge on any atom is -0.322 e. The van der Waals surface area contributed by atoms with E-state index < -0.39 is 0 Å². The van der Waals surface area contributed by atoms with Crippen LogP contribution in [-0.2, 0) is 6.54 Å². The summed E-state index contributed by atoms with van der Waals surface area (Å²) in [5, 5.41) is 7.29. The van der Waals surface area contributed by atoms with Gasteiger partial charge in [0.05, 0.1) is 11.4 Å². The zero-order valence-corrected chi connectivity index (χ0v) is 15.0. The number of rotatable bonds is 4. The molecule has 1 aliphatic rings. The van der Waals surface area contributed by atoms with Crippen LogP contribution in [0.25, 0.3) is 5.69 Å². The third-order valence-electron chi connectivity index (χ3n) is 4.69. The van der Waals surface area contributed by atoms with Crippen molar-refractivity contribution >= 4 is 11.7 Å². The summed E-state index contributed by atoms with van der Waals surface area (Å²) in [6.07, 6.45) is 7.26. The highest BCUT2D eigenvalue weighted by Gasteiger charge is 2.22. The van der Waals surface area contributed by atoms with E-state index in [2.05, 4.69) is 26.4 Å². The van der Waals surface area contributed by atoms with Crippen LogP contribution in [0.5, 0.6) is 0 Å². The molecule has 0 atom stereocenters. The van der Waals surface area contributed by atoms with E-state index in [9.17, 15) is 4.79 Å². The topological polar surface area (TPSA) is 66.3 Å². The first kappa shape index (κ1) is 17.2. The smallest absolute Gasteiger partial charge is 0.321 e. The minimum atomic E-state index is -0.0735. The lowest BCUT2D eigenvalue weighted by atomic mass is 10.2. The molecule has 7 nitrogen and oxygen atoms in total. The average molecular weight is 362 g/mol. The number of hydrogen-bond donors (Lipinski definition) is 1. The molecule has 138 valence electrons. The number of carbonyl (C=O) groups excluding carboxylic acids is 1. The lowest BCUT2D eigenvalue weighted by Gasteiger charge is -2.34. The predicted octanol–water partition coefficient (Wildman–Crippen LogP) is 2.62. The third kappa shape index (κ3) is 4.15. The zero-order valence-electron chi connectivity index (χ0n) is 15.0. The number of pyridine rings is 1. The lowest BCUT2D eigenvalue weighted by Crippen LogP contribution is -2.49. The molecule has 0 saturated carbocycles. The summed E-state index contributed by atoms with van der Waals surface area (Å²) in [5.74, 6) is 0. The van der Waals surface area contributed by atoms with Gasteiger partial charge in [0.25, 0.3) is 0 Å². The maximum Gasteiger partial charge on any atom is 0.321 e. The fourth-order valence-electron chi connectivity index (χ4n) is 3.24. The Morgan fingerprint density at radius 3 is 2.59 bits per heavy atom. The van der Waals surface area contributed by atoms with Gasteiger partial charge in [-0.25, -0.2) is 9.48 Å². The van der Waals surface area contributed by atoms with Crippen LogP contribution in [0.15, 0.2) is 67.3 Å². The summed E-state index contributed by atoms with van der Waals surface area (Å²) in [7, 11) is 0. The van der Waals surface area contributed by atoms with Crippen LogP contribution in [-0.4, -0.2) is 56.8 Å². The lowest BCUT2D eigenvalue weighted by molar-refractivity contribution is 0.143. The Labute approximate surface area is 158 Å². The fourth-order valence-corrected chi connectivity index (χ4v) is 3.24. The normalized spacial score (nSPS) is 14.9. The molecule has 0 bridgehead atoms. The van der Waals surface area contributed by atoms with Crippen molar-refractivity contribution in [3.63, 3.8) is 0 Å². The van der Waals surface area contributed by atoms with Gasteiger partial charge in [0.1, 0.15) is 0 Å². The van der Waals surface area contributed by atoms with Crippen LogP contribution >= 0.6 is 0 Å². The van der Waals surface area contributed by atoms with Crippen LogP contribution in [0.1, 0.15) is 5.56 Å². The molecular weight excluding hydrogens is 340 g/mol. The van der Waals surface area contributed by atoms with E-state index in [1.54, 1.807) is 17.1 Å². The molecule has 27 heavy (non-hydrogen) atoms. The van der Waals surface area contributed by atoms with Crippen LogP contribution in [0.2, 0.25) is 0 Å². The van der Waals surface area contributed by atoms with Crippen LogP contribution in [0.3, 0.4) is 0 Å². The van der Waals surface area contributed by atoms with E-state index >= 15 is 0 Å². The molecule has 2 aromatic heterocycles. The highest BCUT2D eigenvalue weighted by molar-refractivity contribution is 5.91. The van der Waals surface area contributed by atoms with Gasteiger partial charge < -0.3 is 10.2 Å². The second-order valence-electron chi connectivity index (χ2n) is 6.52. The highest BCUT2D eigenvalue weighted by atomic mass is 16.2. The molecule has 7 heteroatoms. The number of aromatic nitrogens is 3. The zero-order chi connectivity index (χ0) is 18.5. The SMILES string of the molecule is O=C(Nc1ccccc1-n1cccn1)N1CCN(Cc2cccnc2)CC1. The molecule has 2 amide bonds. The van der Waals surface area contributed by atoms with Crippen molar-refractivity contribution in [3.05, 3.63) is 72.8 Å². The minimum absolute atomic E-state index is 0.0735. The Balaban J connectivity index is 1.35. The van der Waals surface area contributed by atoms with Crippen molar-refractivity contribution in [2.45, 2.75) is 6.54 Å². The van der Waals surface area contributed by atoms with Gasteiger partial charge in [0.15, 0.2) is 0 Å². The number of hydrogen-bond acceptors (Lipinski definition) is 4. The van der Waals surface area contributed by atoms with Gasteiger partial charge in [-0.05, 0) is 29.8 Å². The number of carbonyl (C=O) groups is 1. The van der Waals surface area contributed by atoms with Gasteiger partial charge in [-0.15, -0.1) is 0 Å². The second kappa shape index (κ2) is 8.01. The van der Waals surface area contributed by atoms with Gasteiger partial charge in [0, 0.05) is 57.5 Å². The number of urea groups is 1. The molecule has 1 aromatic carbocycles. The molecule has 1 fully saturated rings. The standard InChI is InChI=1S/C20H22N6O/c27-20(23-18-6-1-2-7-19(18)26-10-4-9-22-26)25-13-11-24(12-14-25)16-17-5-3-8-21-15-17/h1-10,15H,11-14,16H2,(H,23,27). The molecular formula is C20H22N6O. The van der Waals surface area contributed by atoms with Crippen LogP contribution in [0.4, 0.5) is 10.5 Å². The average Bonchev–Trinajstić information content (AvgIpc) is 3.24. The van der Waals surface area contributed by atoms with Crippen LogP contribution in [0, 0.1) is 0 Å². The number of para-hydroxylation sites is 2. The summed E-state index contributed by atoms with van der Waals surface area (Å²) in [5.41, 5.74) is 2.80. The molecule has 1 saturated heterocycles. The van der Waals surface area contributed by atoms with Crippen molar-refractivity contribution in [2.24, 2.45) is 0 Å². The second-order valence-corrected chi connectivity index (χ2v) is 6.52. The molecule has 3 aromatic rings. The molecule has 0 spiro atoms. The van der Waals surface area contributed by atoms with Crippen molar-refractivity contribution in [1.29, 1.82) is 0 Å². The van der Waals surface area contributed by atoms with E-state index in [0.29, 0.717) is 13.1 Å². The monoisotopic (exact) mass is 362 g/mol. The fraction of sp³-hybridized carbons (Fsp3) is 0.250. The summed E-state index contributed by atoms with van der Waals surface area (Å²) < 4.78 is 1.75. The molecule has 0 unspecified atom stereocenters. The molecule has 1 N–H and O–H groups in total. The van der Waals surface area contributed by atoms with Crippen molar-refractivity contribution in [2.75, 3.05) is 31.5 Å². The predicted molar refractivity (Wildman–Crippen MR) is 104 cm³/mol. The van der Waals surface area contributed by atoms with E-state index in [-0.39, 0.29) is 6.03 Å². The third-order valence-corrected chi connectivity index (χ3v) is 4.69. The maximum atomic E-state index is 12.7. The molecule has 0 aliphatic carbocycles. The van der Waals surface area contributed by atoms with E-state index in [0.717, 1.165) is 31.0 Å². The number of nitrogens with one attached hydrogen (secondary N) is 1. The van der Waals surface area contributed by atoms with Crippen molar-refractivity contribution < 1.29 is 4.79 Å². The molecule has 3 heterocycles. The van der Waals surface area contributed by atoms with Gasteiger partial charge >= 0.3 is 6.03 Å². The number of piperazine rings is 1. The quantitative estimate of drug-likeness (QED) is 0.775. The Kier molecular flexibility index (Phi) is 5.11. The van der Waals surface area contributed by atoms with Crippen molar-refractivity contribution in [3.8, 4) is 5.69 Å². The summed E-state index contributed by atoms with van der Waals surface area (Å²) in [4.78, 5) is 21.1. The van der Waals surface area contributed by atoms with Gasteiger partial charge in [-0.3, -0.25) is 9.88 Å². The first-order valence-corrected chi connectivity index (χ1v) is 9.06. The number of amides is 2. The Morgan fingerprint density at radius 1 is 1.00 bits per heavy atom. The molecule has 1 aliphatic heterocycles. The van der Waals surface area contributed by atoms with E-state index in [4.69, 9.17) is 0 Å². The first-order valence-electron chi connectivity index (χ1n) is 9.06. The Hall–Kier alpha value is -3.19. The Morgan fingerprint density at radius 2 is 1.85 bits per heavy atom.